The van der Waals surface area contributed by atoms with Crippen LogP contribution < -0.4 is 16.0 Å². The van der Waals surface area contributed by atoms with Gasteiger partial charge in [-0.05, 0) is 37.7 Å². The zero-order valence-corrected chi connectivity index (χ0v) is 15.4. The molecule has 3 amide bonds. The van der Waals surface area contributed by atoms with Crippen molar-refractivity contribution in [2.45, 2.75) is 63.1 Å². The van der Waals surface area contributed by atoms with Crippen LogP contribution in [0.25, 0.3) is 0 Å². The van der Waals surface area contributed by atoms with Gasteiger partial charge in [0.2, 0.25) is 5.91 Å². The van der Waals surface area contributed by atoms with Crippen molar-refractivity contribution in [3.63, 3.8) is 0 Å². The maximum absolute atomic E-state index is 12.9. The van der Waals surface area contributed by atoms with Crippen LogP contribution in [0.1, 0.15) is 50.5 Å². The van der Waals surface area contributed by atoms with Gasteiger partial charge in [0.25, 0.3) is 0 Å². The first-order chi connectivity index (χ1) is 13.0. The van der Waals surface area contributed by atoms with Crippen molar-refractivity contribution in [2.75, 3.05) is 0 Å². The van der Waals surface area contributed by atoms with Crippen LogP contribution in [-0.4, -0.2) is 34.6 Å². The summed E-state index contributed by atoms with van der Waals surface area (Å²) < 4.78 is 0. The van der Waals surface area contributed by atoms with Crippen LogP contribution in [0, 0.1) is 5.92 Å². The molecule has 27 heavy (non-hydrogen) atoms. The van der Waals surface area contributed by atoms with Crippen LogP contribution in [0.5, 0.6) is 0 Å². The zero-order chi connectivity index (χ0) is 19.3. The lowest BCUT2D eigenvalue weighted by atomic mass is 9.95. The molecule has 0 aromatic heterocycles. The highest BCUT2D eigenvalue weighted by atomic mass is 16.4. The van der Waals surface area contributed by atoms with E-state index in [1.54, 1.807) is 0 Å². The van der Waals surface area contributed by atoms with Crippen molar-refractivity contribution >= 4 is 17.9 Å². The molecule has 2 atom stereocenters. The summed E-state index contributed by atoms with van der Waals surface area (Å²) in [5, 5.41) is 17.8. The molecule has 7 heteroatoms. The average Bonchev–Trinajstić information content (AvgIpc) is 3.31. The van der Waals surface area contributed by atoms with Crippen molar-refractivity contribution in [2.24, 2.45) is 5.92 Å². The SMILES string of the molecule is O=C(NCc1ccccc1)NC1(C(=O)N[C@H]2CC[C@@H](C(=O)O)C2)CCCC1. The van der Waals surface area contributed by atoms with Gasteiger partial charge in [0.05, 0.1) is 5.92 Å². The maximum atomic E-state index is 12.9. The summed E-state index contributed by atoms with van der Waals surface area (Å²) in [7, 11) is 0. The van der Waals surface area contributed by atoms with Crippen LogP contribution in [0.4, 0.5) is 4.79 Å². The molecule has 2 aliphatic carbocycles. The lowest BCUT2D eigenvalue weighted by Gasteiger charge is -2.30. The van der Waals surface area contributed by atoms with Gasteiger partial charge < -0.3 is 21.1 Å². The Hall–Kier alpha value is -2.57. The molecular weight excluding hydrogens is 346 g/mol. The van der Waals surface area contributed by atoms with E-state index in [0.717, 1.165) is 18.4 Å². The molecule has 0 unspecified atom stereocenters. The number of urea groups is 1. The van der Waals surface area contributed by atoms with Crippen LogP contribution in [0.15, 0.2) is 30.3 Å². The second-order valence-corrected chi connectivity index (χ2v) is 7.60. The average molecular weight is 373 g/mol. The first-order valence-electron chi connectivity index (χ1n) is 9.62. The van der Waals surface area contributed by atoms with Crippen molar-refractivity contribution < 1.29 is 19.5 Å². The number of nitrogens with one attached hydrogen (secondary N) is 3. The molecule has 0 aliphatic heterocycles. The summed E-state index contributed by atoms with van der Waals surface area (Å²) in [6.45, 7) is 0.396. The molecule has 2 aliphatic rings. The van der Waals surface area contributed by atoms with E-state index in [2.05, 4.69) is 16.0 Å². The monoisotopic (exact) mass is 373 g/mol. The summed E-state index contributed by atoms with van der Waals surface area (Å²) in [6, 6.07) is 9.10. The Morgan fingerprint density at radius 1 is 1.07 bits per heavy atom. The van der Waals surface area contributed by atoms with Crippen LogP contribution in [-0.2, 0) is 16.1 Å². The van der Waals surface area contributed by atoms with Crippen LogP contribution in [0.2, 0.25) is 0 Å². The Bertz CT molecular complexity index is 686. The van der Waals surface area contributed by atoms with E-state index in [1.165, 1.54) is 0 Å². The van der Waals surface area contributed by atoms with Gasteiger partial charge in [-0.25, -0.2) is 4.79 Å². The van der Waals surface area contributed by atoms with Gasteiger partial charge in [0.1, 0.15) is 5.54 Å². The number of carbonyl (C=O) groups excluding carboxylic acids is 2. The first kappa shape index (κ1) is 19.2. The maximum Gasteiger partial charge on any atom is 0.315 e. The predicted octanol–water partition coefficient (Wildman–Crippen LogP) is 2.17. The number of aliphatic carboxylic acids is 1. The number of hydrogen-bond donors (Lipinski definition) is 4. The second kappa shape index (κ2) is 8.41. The van der Waals surface area contributed by atoms with Gasteiger partial charge in [0.15, 0.2) is 0 Å². The molecule has 2 fully saturated rings. The van der Waals surface area contributed by atoms with E-state index in [0.29, 0.717) is 38.6 Å². The molecule has 3 rings (SSSR count). The molecule has 2 saturated carbocycles. The molecule has 4 N–H and O–H groups in total. The molecule has 7 nitrogen and oxygen atoms in total. The largest absolute Gasteiger partial charge is 0.481 e. The Labute approximate surface area is 158 Å². The normalized spacial score (nSPS) is 23.6. The molecule has 0 spiro atoms. The van der Waals surface area contributed by atoms with Crippen molar-refractivity contribution in [1.29, 1.82) is 0 Å². The number of carboxylic acids is 1. The van der Waals surface area contributed by atoms with Gasteiger partial charge in [-0.3, -0.25) is 9.59 Å². The second-order valence-electron chi connectivity index (χ2n) is 7.60. The van der Waals surface area contributed by atoms with Gasteiger partial charge in [-0.15, -0.1) is 0 Å². The molecule has 0 saturated heterocycles. The third-order valence-corrected chi connectivity index (χ3v) is 5.66. The highest BCUT2D eigenvalue weighted by Gasteiger charge is 2.44. The fourth-order valence-electron chi connectivity index (χ4n) is 4.09. The van der Waals surface area contributed by atoms with E-state index in [9.17, 15) is 14.4 Å². The molecule has 0 heterocycles. The summed E-state index contributed by atoms with van der Waals surface area (Å²) >= 11 is 0. The summed E-state index contributed by atoms with van der Waals surface area (Å²) in [5.74, 6) is -1.39. The van der Waals surface area contributed by atoms with Crippen molar-refractivity contribution in [1.82, 2.24) is 16.0 Å². The fourth-order valence-corrected chi connectivity index (χ4v) is 4.09. The topological polar surface area (TPSA) is 108 Å². The lowest BCUT2D eigenvalue weighted by Crippen LogP contribution is -2.60. The Kier molecular flexibility index (Phi) is 5.98. The van der Waals surface area contributed by atoms with Crippen LogP contribution >= 0.6 is 0 Å². The minimum atomic E-state index is -0.901. The number of carboxylic acid groups (broad SMARTS) is 1. The molecule has 0 bridgehead atoms. The molecule has 1 aromatic rings. The number of hydrogen-bond acceptors (Lipinski definition) is 3. The number of amides is 3. The van der Waals surface area contributed by atoms with Gasteiger partial charge >= 0.3 is 12.0 Å². The number of rotatable bonds is 6. The molecule has 0 radical (unpaired) electrons. The third-order valence-electron chi connectivity index (χ3n) is 5.66. The number of carbonyl (C=O) groups is 3. The molecule has 1 aromatic carbocycles. The lowest BCUT2D eigenvalue weighted by molar-refractivity contribution is -0.141. The van der Waals surface area contributed by atoms with E-state index >= 15 is 0 Å². The minimum absolute atomic E-state index is 0.134. The highest BCUT2D eigenvalue weighted by molar-refractivity contribution is 5.91. The summed E-state index contributed by atoms with van der Waals surface area (Å²) in [4.78, 5) is 36.4. The van der Waals surface area contributed by atoms with E-state index in [1.807, 2.05) is 30.3 Å². The van der Waals surface area contributed by atoms with Gasteiger partial charge in [0, 0.05) is 12.6 Å². The van der Waals surface area contributed by atoms with E-state index < -0.39 is 17.4 Å². The standard InChI is InChI=1S/C20H27N3O4/c24-17(25)15-8-9-16(12-15)22-18(26)20(10-4-5-11-20)23-19(27)21-13-14-6-2-1-3-7-14/h1-3,6-7,15-16H,4-5,8-13H2,(H,22,26)(H,24,25)(H2,21,23,27)/t15-,16+/m1/s1. The smallest absolute Gasteiger partial charge is 0.315 e. The van der Waals surface area contributed by atoms with Crippen molar-refractivity contribution in [3.05, 3.63) is 35.9 Å². The fraction of sp³-hybridized carbons (Fsp3) is 0.550. The van der Waals surface area contributed by atoms with Crippen molar-refractivity contribution in [3.8, 4) is 0 Å². The predicted molar refractivity (Wildman–Crippen MR) is 99.9 cm³/mol. The minimum Gasteiger partial charge on any atom is -0.481 e. The Morgan fingerprint density at radius 3 is 2.41 bits per heavy atom. The number of benzene rings is 1. The van der Waals surface area contributed by atoms with Gasteiger partial charge in [-0.1, -0.05) is 43.2 Å². The molecular formula is C20H27N3O4. The van der Waals surface area contributed by atoms with Crippen LogP contribution in [0.3, 0.4) is 0 Å². The van der Waals surface area contributed by atoms with E-state index in [-0.39, 0.29) is 18.0 Å². The van der Waals surface area contributed by atoms with Gasteiger partial charge in [-0.2, -0.15) is 0 Å². The quantitative estimate of drug-likeness (QED) is 0.613. The Morgan fingerprint density at radius 2 is 1.78 bits per heavy atom. The zero-order valence-electron chi connectivity index (χ0n) is 15.4. The third kappa shape index (κ3) is 4.78. The summed E-state index contributed by atoms with van der Waals surface area (Å²) in [6.07, 6.45) is 4.68. The Balaban J connectivity index is 1.55. The first-order valence-corrected chi connectivity index (χ1v) is 9.62. The summed E-state index contributed by atoms with van der Waals surface area (Å²) in [5.41, 5.74) is 0.0884. The highest BCUT2D eigenvalue weighted by Crippen LogP contribution is 2.32. The molecule has 146 valence electrons. The van der Waals surface area contributed by atoms with E-state index in [4.69, 9.17) is 5.11 Å².